The Kier molecular flexibility index (Phi) is 2.46. The average molecular weight is 217 g/mol. The van der Waals surface area contributed by atoms with Gasteiger partial charge in [0.25, 0.3) is 0 Å². The molecule has 1 N–H and O–H groups in total. The molecule has 0 aliphatic rings. The summed E-state index contributed by atoms with van der Waals surface area (Å²) in [5, 5.41) is 0.977. The van der Waals surface area contributed by atoms with Crippen LogP contribution in [0.2, 0.25) is 0 Å². The van der Waals surface area contributed by atoms with Crippen molar-refractivity contribution in [1.82, 2.24) is 4.98 Å². The number of fused-ring (bicyclic) bond motifs is 1. The van der Waals surface area contributed by atoms with Crippen molar-refractivity contribution in [3.63, 3.8) is 0 Å². The number of aryl methyl sites for hydroxylation is 3. The molecule has 2 aromatic rings. The van der Waals surface area contributed by atoms with E-state index >= 15 is 0 Å². The highest BCUT2D eigenvalue weighted by Crippen LogP contribution is 2.32. The molecule has 3 heteroatoms. The topological polar surface area (TPSA) is 42.1 Å². The van der Waals surface area contributed by atoms with Crippen molar-refractivity contribution in [2.24, 2.45) is 0 Å². The molecule has 2 rings (SSSR count). The lowest BCUT2D eigenvalue weighted by Gasteiger charge is -2.02. The van der Waals surface area contributed by atoms with Crippen LogP contribution in [-0.4, -0.2) is 11.0 Å². The number of H-pyrrole nitrogens is 1. The second-order valence-electron chi connectivity index (χ2n) is 4.18. The van der Waals surface area contributed by atoms with E-state index in [9.17, 15) is 4.79 Å². The van der Waals surface area contributed by atoms with Gasteiger partial charge in [-0.1, -0.05) is 6.07 Å². The molecule has 0 spiro atoms. The molecule has 0 fully saturated rings. The SMILES string of the molecule is CC(=O)Oc1c(C)[nH]c2c(C)cc(C)cc12. The van der Waals surface area contributed by atoms with E-state index in [0.29, 0.717) is 5.75 Å². The second-order valence-corrected chi connectivity index (χ2v) is 4.18. The summed E-state index contributed by atoms with van der Waals surface area (Å²) >= 11 is 0. The van der Waals surface area contributed by atoms with Gasteiger partial charge in [0.15, 0.2) is 5.75 Å². The van der Waals surface area contributed by atoms with Crippen molar-refractivity contribution in [2.45, 2.75) is 27.7 Å². The van der Waals surface area contributed by atoms with Crippen molar-refractivity contribution >= 4 is 16.9 Å². The largest absolute Gasteiger partial charge is 0.424 e. The summed E-state index contributed by atoms with van der Waals surface area (Å²) in [7, 11) is 0. The molecule has 1 aromatic heterocycles. The predicted molar refractivity (Wildman–Crippen MR) is 63.8 cm³/mol. The number of ether oxygens (including phenoxy) is 1. The molecule has 1 heterocycles. The molecule has 0 radical (unpaired) electrons. The van der Waals surface area contributed by atoms with Gasteiger partial charge in [-0.2, -0.15) is 0 Å². The molecule has 0 unspecified atom stereocenters. The molecule has 0 saturated heterocycles. The fourth-order valence-electron chi connectivity index (χ4n) is 2.03. The van der Waals surface area contributed by atoms with Crippen LogP contribution in [0.4, 0.5) is 0 Å². The van der Waals surface area contributed by atoms with Crippen LogP contribution in [0.25, 0.3) is 10.9 Å². The van der Waals surface area contributed by atoms with Gasteiger partial charge in [-0.3, -0.25) is 4.79 Å². The average Bonchev–Trinajstić information content (AvgIpc) is 2.45. The van der Waals surface area contributed by atoms with E-state index in [1.807, 2.05) is 26.8 Å². The highest BCUT2D eigenvalue weighted by Gasteiger charge is 2.13. The Morgan fingerprint density at radius 3 is 2.56 bits per heavy atom. The minimum atomic E-state index is -0.289. The standard InChI is InChI=1S/C13H15NO2/c1-7-5-8(2)12-11(6-7)13(9(3)14-12)16-10(4)15/h5-6,14H,1-4H3. The fourth-order valence-corrected chi connectivity index (χ4v) is 2.03. The number of carbonyl (C=O) groups is 1. The summed E-state index contributed by atoms with van der Waals surface area (Å²) < 4.78 is 5.24. The van der Waals surface area contributed by atoms with Gasteiger partial charge in [-0.25, -0.2) is 0 Å². The maximum absolute atomic E-state index is 11.0. The van der Waals surface area contributed by atoms with Gasteiger partial charge in [0.1, 0.15) is 0 Å². The van der Waals surface area contributed by atoms with Crippen molar-refractivity contribution in [1.29, 1.82) is 0 Å². The number of carbonyl (C=O) groups excluding carboxylic acids is 1. The Morgan fingerprint density at radius 2 is 1.94 bits per heavy atom. The number of aromatic amines is 1. The van der Waals surface area contributed by atoms with E-state index in [4.69, 9.17) is 4.74 Å². The van der Waals surface area contributed by atoms with E-state index in [1.54, 1.807) is 0 Å². The highest BCUT2D eigenvalue weighted by atomic mass is 16.5. The third-order valence-electron chi connectivity index (χ3n) is 2.62. The summed E-state index contributed by atoms with van der Waals surface area (Å²) in [6, 6.07) is 4.14. The number of aromatic nitrogens is 1. The molecule has 0 atom stereocenters. The van der Waals surface area contributed by atoms with Gasteiger partial charge in [0.05, 0.1) is 11.2 Å². The minimum absolute atomic E-state index is 0.289. The molecular weight excluding hydrogens is 202 g/mol. The Labute approximate surface area is 94.4 Å². The first-order valence-corrected chi connectivity index (χ1v) is 5.27. The zero-order chi connectivity index (χ0) is 11.9. The molecule has 3 nitrogen and oxygen atoms in total. The summed E-state index contributed by atoms with van der Waals surface area (Å²) in [5.41, 5.74) is 4.26. The maximum atomic E-state index is 11.0. The van der Waals surface area contributed by atoms with Crippen LogP contribution in [0.1, 0.15) is 23.7 Å². The van der Waals surface area contributed by atoms with Gasteiger partial charge in [0.2, 0.25) is 0 Å². The van der Waals surface area contributed by atoms with E-state index in [2.05, 4.69) is 11.1 Å². The van der Waals surface area contributed by atoms with Gasteiger partial charge in [0, 0.05) is 12.3 Å². The quantitative estimate of drug-likeness (QED) is 0.746. The van der Waals surface area contributed by atoms with Crippen LogP contribution in [0.15, 0.2) is 12.1 Å². The van der Waals surface area contributed by atoms with Crippen molar-refractivity contribution in [3.8, 4) is 5.75 Å². The predicted octanol–water partition coefficient (Wildman–Crippen LogP) is 3.02. The number of esters is 1. The van der Waals surface area contributed by atoms with Crippen LogP contribution in [0.5, 0.6) is 5.75 Å². The number of hydrogen-bond donors (Lipinski definition) is 1. The number of rotatable bonds is 1. The van der Waals surface area contributed by atoms with Gasteiger partial charge in [-0.05, 0) is 38.0 Å². The van der Waals surface area contributed by atoms with Crippen molar-refractivity contribution in [2.75, 3.05) is 0 Å². The van der Waals surface area contributed by atoms with Crippen molar-refractivity contribution < 1.29 is 9.53 Å². The first-order valence-electron chi connectivity index (χ1n) is 5.27. The lowest BCUT2D eigenvalue weighted by atomic mass is 10.1. The number of hydrogen-bond acceptors (Lipinski definition) is 2. The molecule has 0 aliphatic heterocycles. The summed E-state index contributed by atoms with van der Waals surface area (Å²) in [4.78, 5) is 14.3. The smallest absolute Gasteiger partial charge is 0.308 e. The Balaban J connectivity index is 2.73. The lowest BCUT2D eigenvalue weighted by Crippen LogP contribution is -2.01. The molecule has 84 valence electrons. The summed E-state index contributed by atoms with van der Waals surface area (Å²) in [5.74, 6) is 0.359. The third-order valence-corrected chi connectivity index (χ3v) is 2.62. The molecule has 16 heavy (non-hydrogen) atoms. The normalized spacial score (nSPS) is 10.8. The number of benzene rings is 1. The van der Waals surface area contributed by atoms with Gasteiger partial charge < -0.3 is 9.72 Å². The Bertz CT molecular complexity index is 567. The van der Waals surface area contributed by atoms with Gasteiger partial charge in [-0.15, -0.1) is 0 Å². The summed E-state index contributed by atoms with van der Waals surface area (Å²) in [6.07, 6.45) is 0. The highest BCUT2D eigenvalue weighted by molar-refractivity contribution is 5.92. The number of nitrogens with one attached hydrogen (secondary N) is 1. The van der Waals surface area contributed by atoms with Crippen LogP contribution in [-0.2, 0) is 4.79 Å². The van der Waals surface area contributed by atoms with E-state index in [-0.39, 0.29) is 5.97 Å². The summed E-state index contributed by atoms with van der Waals surface area (Å²) in [6.45, 7) is 7.41. The van der Waals surface area contributed by atoms with E-state index in [1.165, 1.54) is 6.92 Å². The fraction of sp³-hybridized carbons (Fsp3) is 0.308. The molecule has 0 bridgehead atoms. The van der Waals surface area contributed by atoms with Crippen LogP contribution in [0.3, 0.4) is 0 Å². The zero-order valence-corrected chi connectivity index (χ0v) is 9.97. The molecule has 0 amide bonds. The Morgan fingerprint density at radius 1 is 1.25 bits per heavy atom. The monoisotopic (exact) mass is 217 g/mol. The maximum Gasteiger partial charge on any atom is 0.308 e. The first-order chi connectivity index (χ1) is 7.49. The van der Waals surface area contributed by atoms with Gasteiger partial charge >= 0.3 is 5.97 Å². The van der Waals surface area contributed by atoms with E-state index in [0.717, 1.165) is 27.7 Å². The first kappa shape index (κ1) is 10.7. The van der Waals surface area contributed by atoms with Crippen LogP contribution < -0.4 is 4.74 Å². The van der Waals surface area contributed by atoms with Crippen LogP contribution >= 0.6 is 0 Å². The van der Waals surface area contributed by atoms with Crippen LogP contribution in [0, 0.1) is 20.8 Å². The molecule has 0 aliphatic carbocycles. The van der Waals surface area contributed by atoms with Crippen molar-refractivity contribution in [3.05, 3.63) is 29.0 Å². The Hall–Kier alpha value is -1.77. The lowest BCUT2D eigenvalue weighted by molar-refractivity contribution is -0.131. The zero-order valence-electron chi connectivity index (χ0n) is 9.97. The minimum Gasteiger partial charge on any atom is -0.424 e. The molecular formula is C13H15NO2. The second kappa shape index (κ2) is 3.67. The third kappa shape index (κ3) is 1.69. The molecule has 1 aromatic carbocycles. The molecule has 0 saturated carbocycles. The van der Waals surface area contributed by atoms with E-state index < -0.39 is 0 Å².